The number of aliphatic hydroxyl groups is 2. The third-order valence-electron chi connectivity index (χ3n) is 6.39. The molecule has 0 bridgehead atoms. The summed E-state index contributed by atoms with van der Waals surface area (Å²) in [4.78, 5) is 28.2. The molecule has 1 aliphatic rings. The summed E-state index contributed by atoms with van der Waals surface area (Å²) in [7, 11) is 1.61. The van der Waals surface area contributed by atoms with Gasteiger partial charge in [0.1, 0.15) is 23.7 Å². The minimum atomic E-state index is -1.05. The molecule has 0 saturated heterocycles. The highest BCUT2D eigenvalue weighted by Gasteiger charge is 2.40. The van der Waals surface area contributed by atoms with E-state index in [0.29, 0.717) is 30.7 Å². The van der Waals surface area contributed by atoms with Gasteiger partial charge in [-0.05, 0) is 70.8 Å². The van der Waals surface area contributed by atoms with Crippen molar-refractivity contribution in [2.75, 3.05) is 26.8 Å². The minimum absolute atomic E-state index is 0.0861. The molecule has 3 atom stereocenters. The number of carbonyl (C=O) groups is 2. The smallest absolute Gasteiger partial charge is 0.247 e. The number of hydrogen-bond acceptors (Lipinski definition) is 6. The van der Waals surface area contributed by atoms with Gasteiger partial charge in [-0.1, -0.05) is 38.1 Å². The summed E-state index contributed by atoms with van der Waals surface area (Å²) in [6.45, 7) is 4.24. The molecule has 206 valence electrons. The number of halogens is 1. The predicted octanol–water partition coefficient (Wildman–Crippen LogP) is 3.33. The molecule has 2 aromatic rings. The Hall–Kier alpha value is -2.63. The Morgan fingerprint density at radius 3 is 2.63 bits per heavy atom. The summed E-state index contributed by atoms with van der Waals surface area (Å²) in [5.41, 5.74) is 1.41. The summed E-state index contributed by atoms with van der Waals surface area (Å²) >= 11 is 2.16. The number of carbonyl (C=O) groups excluding carboxylic acids is 2. The number of ether oxygens (including phenoxy) is 2. The van der Waals surface area contributed by atoms with E-state index in [4.69, 9.17) is 9.47 Å². The van der Waals surface area contributed by atoms with Crippen LogP contribution in [0, 0.1) is 9.49 Å². The van der Waals surface area contributed by atoms with Gasteiger partial charge in [0, 0.05) is 31.5 Å². The van der Waals surface area contributed by atoms with Crippen LogP contribution in [0.25, 0.3) is 0 Å². The van der Waals surface area contributed by atoms with Crippen LogP contribution in [0.4, 0.5) is 0 Å². The molecule has 8 nitrogen and oxygen atoms in total. The van der Waals surface area contributed by atoms with Crippen LogP contribution >= 0.6 is 22.6 Å². The van der Waals surface area contributed by atoms with Crippen molar-refractivity contribution in [2.45, 2.75) is 51.4 Å². The van der Waals surface area contributed by atoms with Crippen LogP contribution in [-0.2, 0) is 16.0 Å². The lowest BCUT2D eigenvalue weighted by atomic mass is 9.87. The van der Waals surface area contributed by atoms with Crippen molar-refractivity contribution in [1.82, 2.24) is 10.2 Å². The van der Waals surface area contributed by atoms with E-state index in [0.717, 1.165) is 14.9 Å². The van der Waals surface area contributed by atoms with Crippen LogP contribution in [0.2, 0.25) is 0 Å². The molecule has 0 saturated carbocycles. The molecular weight excluding hydrogens is 599 g/mol. The van der Waals surface area contributed by atoms with Gasteiger partial charge in [0.05, 0.1) is 23.3 Å². The van der Waals surface area contributed by atoms with E-state index in [1.54, 1.807) is 18.1 Å². The highest BCUT2D eigenvalue weighted by Crippen LogP contribution is 2.30. The fraction of sp³-hybridized carbons (Fsp3) is 0.448. The molecule has 0 fully saturated rings. The number of hydrogen-bond donors (Lipinski definition) is 3. The molecule has 1 aliphatic carbocycles. The lowest BCUT2D eigenvalue weighted by Crippen LogP contribution is -2.55. The summed E-state index contributed by atoms with van der Waals surface area (Å²) in [5.74, 6) is 1.01. The van der Waals surface area contributed by atoms with E-state index in [1.807, 2.05) is 62.4 Å². The van der Waals surface area contributed by atoms with E-state index in [9.17, 15) is 19.8 Å². The van der Waals surface area contributed by atoms with Gasteiger partial charge in [-0.15, -0.1) is 0 Å². The second-order valence-corrected chi connectivity index (χ2v) is 10.9. The van der Waals surface area contributed by atoms with Crippen molar-refractivity contribution in [3.8, 4) is 11.5 Å². The fourth-order valence-electron chi connectivity index (χ4n) is 4.49. The SMILES string of the molecule is COc1cccc(CCN(C(=O)CC(C)C)[C@@H]2CC(C(=O)NCCO)=C[C@H](Oc3ccccc3I)[C@H]2O)c1. The van der Waals surface area contributed by atoms with Crippen LogP contribution in [0.1, 0.15) is 32.3 Å². The molecule has 0 aromatic heterocycles. The van der Waals surface area contributed by atoms with E-state index >= 15 is 0 Å². The molecule has 0 heterocycles. The first kappa shape index (κ1) is 29.9. The Kier molecular flexibility index (Phi) is 11.4. The van der Waals surface area contributed by atoms with Crippen molar-refractivity contribution >= 4 is 34.4 Å². The number of nitrogens with one attached hydrogen (secondary N) is 1. The average molecular weight is 637 g/mol. The number of nitrogens with zero attached hydrogens (tertiary/aromatic N) is 1. The van der Waals surface area contributed by atoms with Crippen molar-refractivity contribution < 1.29 is 29.3 Å². The highest BCUT2D eigenvalue weighted by atomic mass is 127. The lowest BCUT2D eigenvalue weighted by Gasteiger charge is -2.41. The number of rotatable bonds is 12. The summed E-state index contributed by atoms with van der Waals surface area (Å²) in [6, 6.07) is 14.4. The molecule has 0 unspecified atom stereocenters. The summed E-state index contributed by atoms with van der Waals surface area (Å²) in [5, 5.41) is 23.4. The Morgan fingerprint density at radius 2 is 1.95 bits per heavy atom. The maximum absolute atomic E-state index is 13.5. The summed E-state index contributed by atoms with van der Waals surface area (Å²) in [6.07, 6.45) is 0.782. The highest BCUT2D eigenvalue weighted by molar-refractivity contribution is 14.1. The molecule has 0 spiro atoms. The largest absolute Gasteiger partial charge is 0.497 e. The fourth-order valence-corrected chi connectivity index (χ4v) is 5.00. The molecular formula is C29H37IN2O6. The van der Waals surface area contributed by atoms with Gasteiger partial charge in [-0.25, -0.2) is 0 Å². The monoisotopic (exact) mass is 636 g/mol. The molecule has 2 amide bonds. The van der Waals surface area contributed by atoms with Gasteiger partial charge in [-0.2, -0.15) is 0 Å². The molecule has 3 N–H and O–H groups in total. The Balaban J connectivity index is 1.93. The third-order valence-corrected chi connectivity index (χ3v) is 7.28. The van der Waals surface area contributed by atoms with Crippen molar-refractivity contribution in [2.24, 2.45) is 5.92 Å². The van der Waals surface area contributed by atoms with Gasteiger partial charge in [0.25, 0.3) is 0 Å². The van der Waals surface area contributed by atoms with E-state index in [2.05, 4.69) is 27.9 Å². The molecule has 38 heavy (non-hydrogen) atoms. The normalized spacial score (nSPS) is 19.0. The number of methoxy groups -OCH3 is 1. The average Bonchev–Trinajstić information content (AvgIpc) is 2.90. The maximum atomic E-state index is 13.5. The van der Waals surface area contributed by atoms with Crippen LogP contribution in [0.3, 0.4) is 0 Å². The molecule has 0 radical (unpaired) electrons. The Bertz CT molecular complexity index is 1120. The van der Waals surface area contributed by atoms with Crippen LogP contribution in [-0.4, -0.2) is 72.0 Å². The van der Waals surface area contributed by atoms with Gasteiger partial charge >= 0.3 is 0 Å². The quantitative estimate of drug-likeness (QED) is 0.309. The summed E-state index contributed by atoms with van der Waals surface area (Å²) < 4.78 is 12.4. The van der Waals surface area contributed by atoms with Gasteiger partial charge < -0.3 is 29.9 Å². The number of para-hydroxylation sites is 1. The Labute approximate surface area is 238 Å². The van der Waals surface area contributed by atoms with Crippen LogP contribution < -0.4 is 14.8 Å². The molecule has 2 aromatic carbocycles. The zero-order valence-corrected chi connectivity index (χ0v) is 24.3. The first-order valence-electron chi connectivity index (χ1n) is 12.8. The second kappa shape index (κ2) is 14.5. The second-order valence-electron chi connectivity index (χ2n) is 9.73. The topological polar surface area (TPSA) is 108 Å². The van der Waals surface area contributed by atoms with Gasteiger partial charge in [-0.3, -0.25) is 9.59 Å². The minimum Gasteiger partial charge on any atom is -0.497 e. The van der Waals surface area contributed by atoms with Crippen molar-refractivity contribution in [3.05, 3.63) is 69.3 Å². The molecule has 3 rings (SSSR count). The number of benzene rings is 2. The Morgan fingerprint density at radius 1 is 1.18 bits per heavy atom. The maximum Gasteiger partial charge on any atom is 0.247 e. The first-order chi connectivity index (χ1) is 18.2. The zero-order chi connectivity index (χ0) is 27.7. The van der Waals surface area contributed by atoms with E-state index < -0.39 is 18.2 Å². The molecule has 9 heteroatoms. The number of amides is 2. The molecule has 0 aliphatic heterocycles. The van der Waals surface area contributed by atoms with E-state index in [-0.39, 0.29) is 37.3 Å². The third kappa shape index (κ3) is 8.18. The first-order valence-corrected chi connectivity index (χ1v) is 13.9. The van der Waals surface area contributed by atoms with E-state index in [1.165, 1.54) is 0 Å². The van der Waals surface area contributed by atoms with Crippen molar-refractivity contribution in [3.63, 3.8) is 0 Å². The van der Waals surface area contributed by atoms with Gasteiger partial charge in [0.15, 0.2) is 0 Å². The van der Waals surface area contributed by atoms with Crippen LogP contribution in [0.15, 0.2) is 60.2 Å². The number of aliphatic hydroxyl groups excluding tert-OH is 2. The lowest BCUT2D eigenvalue weighted by molar-refractivity contribution is -0.139. The predicted molar refractivity (Wildman–Crippen MR) is 154 cm³/mol. The zero-order valence-electron chi connectivity index (χ0n) is 22.1. The standard InChI is InChI=1S/C29H37IN2O6/c1-19(2)15-27(34)32(13-11-20-7-6-8-22(16-20)37-3)24-17-21(29(36)31-12-14-33)18-26(28(24)35)38-25-10-5-4-9-23(25)30/h4-10,16,18-19,24,26,28,33,35H,11-15,17H2,1-3H3,(H,31,36)/t24-,26+,28+/m1/s1. The van der Waals surface area contributed by atoms with Crippen molar-refractivity contribution in [1.29, 1.82) is 0 Å². The van der Waals surface area contributed by atoms with Crippen LogP contribution in [0.5, 0.6) is 11.5 Å². The van der Waals surface area contributed by atoms with Gasteiger partial charge in [0.2, 0.25) is 11.8 Å².